The molecular weight excluding hydrogens is 504 g/mol. The minimum Gasteiger partial charge on any atom is -0.481 e. The van der Waals surface area contributed by atoms with Crippen LogP contribution in [0.5, 0.6) is 0 Å². The standard InChI is InChI=1S/C26H28ClF2N5O3/c1-14-11-20(33-32-14)31-24-23(29)21(16(3)35)15(2)19(30-24)12-26(25(36)37)7-9-34(10-8-26)13-17-5-4-6-18(27)22(17)28/h4-6,11H,7-10,12-13H2,1-3H3,(H,36,37)(H2,30,31,32,33). The van der Waals surface area contributed by atoms with Crippen molar-refractivity contribution in [3.63, 3.8) is 0 Å². The number of rotatable bonds is 8. The number of pyridine rings is 1. The SMILES string of the molecule is CC(=O)c1c(C)c(CC2(C(=O)O)CCN(Cc3cccc(Cl)c3F)CC2)nc(Nc2cc(C)[nH]n2)c1F. The maximum atomic E-state index is 15.3. The van der Waals surface area contributed by atoms with E-state index < -0.39 is 28.8 Å². The largest absolute Gasteiger partial charge is 0.481 e. The van der Waals surface area contributed by atoms with E-state index in [1.54, 1.807) is 32.0 Å². The van der Waals surface area contributed by atoms with Crippen LogP contribution in [0, 0.1) is 30.9 Å². The number of hydrogen-bond acceptors (Lipinski definition) is 6. The van der Waals surface area contributed by atoms with E-state index in [4.69, 9.17) is 11.6 Å². The summed E-state index contributed by atoms with van der Waals surface area (Å²) in [6.45, 7) is 5.76. The van der Waals surface area contributed by atoms with E-state index in [9.17, 15) is 19.1 Å². The fraction of sp³-hybridized carbons (Fsp3) is 0.385. The Morgan fingerprint density at radius 3 is 2.51 bits per heavy atom. The quantitative estimate of drug-likeness (QED) is 0.342. The van der Waals surface area contributed by atoms with Crippen molar-refractivity contribution in [3.8, 4) is 0 Å². The molecule has 1 aliphatic rings. The van der Waals surface area contributed by atoms with Gasteiger partial charge in [0.1, 0.15) is 5.82 Å². The number of carbonyl (C=O) groups is 2. The molecule has 2 aromatic heterocycles. The fourth-order valence-corrected chi connectivity index (χ4v) is 5.00. The number of nitrogens with one attached hydrogen (secondary N) is 2. The van der Waals surface area contributed by atoms with Crippen molar-refractivity contribution in [3.05, 3.63) is 69.0 Å². The van der Waals surface area contributed by atoms with Gasteiger partial charge in [-0.15, -0.1) is 0 Å². The Hall–Kier alpha value is -3.37. The van der Waals surface area contributed by atoms with Crippen molar-refractivity contribution in [2.24, 2.45) is 5.41 Å². The summed E-state index contributed by atoms with van der Waals surface area (Å²) < 4.78 is 29.6. The average molecular weight is 532 g/mol. The van der Waals surface area contributed by atoms with Gasteiger partial charge in [-0.05, 0) is 58.3 Å². The lowest BCUT2D eigenvalue weighted by Crippen LogP contribution is -2.45. The average Bonchev–Trinajstić information content (AvgIpc) is 3.25. The molecule has 1 saturated heterocycles. The number of ketones is 1. The summed E-state index contributed by atoms with van der Waals surface area (Å²) in [6.07, 6.45) is 0.571. The number of Topliss-reactive ketones (excluding diaryl/α,β-unsaturated/α-hetero) is 1. The van der Waals surface area contributed by atoms with Gasteiger partial charge in [-0.25, -0.2) is 13.8 Å². The molecule has 0 saturated carbocycles. The Balaban J connectivity index is 1.60. The van der Waals surface area contributed by atoms with Gasteiger partial charge in [0.25, 0.3) is 0 Å². The topological polar surface area (TPSA) is 111 Å². The Morgan fingerprint density at radius 2 is 1.92 bits per heavy atom. The molecule has 0 bridgehead atoms. The van der Waals surface area contributed by atoms with Crippen LogP contribution in [0.1, 0.15) is 52.6 Å². The van der Waals surface area contributed by atoms with Crippen LogP contribution in [-0.4, -0.2) is 50.0 Å². The summed E-state index contributed by atoms with van der Waals surface area (Å²) in [7, 11) is 0. The summed E-state index contributed by atoms with van der Waals surface area (Å²) in [6, 6.07) is 6.48. The molecule has 4 rings (SSSR count). The maximum Gasteiger partial charge on any atom is 0.310 e. The zero-order valence-corrected chi connectivity index (χ0v) is 21.5. The number of aliphatic carboxylic acids is 1. The van der Waals surface area contributed by atoms with E-state index in [0.717, 1.165) is 5.69 Å². The molecule has 0 atom stereocenters. The van der Waals surface area contributed by atoms with Crippen molar-refractivity contribution >= 4 is 35.0 Å². The third-order valence-corrected chi connectivity index (χ3v) is 7.28. The Labute approximate surface area is 218 Å². The molecule has 8 nitrogen and oxygen atoms in total. The van der Waals surface area contributed by atoms with Gasteiger partial charge in [0.05, 0.1) is 16.0 Å². The van der Waals surface area contributed by atoms with Crippen LogP contribution in [0.25, 0.3) is 0 Å². The van der Waals surface area contributed by atoms with Crippen LogP contribution < -0.4 is 5.32 Å². The Bertz CT molecular complexity index is 1350. The molecule has 3 heterocycles. The van der Waals surface area contributed by atoms with E-state index in [-0.39, 0.29) is 35.7 Å². The predicted octanol–water partition coefficient (Wildman–Crippen LogP) is 5.21. The lowest BCUT2D eigenvalue weighted by Gasteiger charge is -2.39. The minimum absolute atomic E-state index is 0.0162. The molecular formula is C26H28ClF2N5O3. The second-order valence-corrected chi connectivity index (χ2v) is 10.00. The fourth-order valence-electron chi connectivity index (χ4n) is 4.81. The first kappa shape index (κ1) is 26.7. The number of aromatic amines is 1. The van der Waals surface area contributed by atoms with Gasteiger partial charge in [-0.3, -0.25) is 19.6 Å². The second-order valence-electron chi connectivity index (χ2n) is 9.59. The number of benzene rings is 1. The molecule has 37 heavy (non-hydrogen) atoms. The number of aryl methyl sites for hydroxylation is 1. The van der Waals surface area contributed by atoms with Crippen LogP contribution in [0.3, 0.4) is 0 Å². The highest BCUT2D eigenvalue weighted by Gasteiger charge is 2.43. The number of likely N-dealkylation sites (tertiary alicyclic amines) is 1. The summed E-state index contributed by atoms with van der Waals surface area (Å²) in [5.41, 5.74) is 0.538. The van der Waals surface area contributed by atoms with Crippen molar-refractivity contribution in [1.29, 1.82) is 0 Å². The summed E-state index contributed by atoms with van der Waals surface area (Å²) >= 11 is 5.89. The smallest absolute Gasteiger partial charge is 0.310 e. The first-order valence-corrected chi connectivity index (χ1v) is 12.3. The molecule has 3 aromatic rings. The molecule has 0 spiro atoms. The summed E-state index contributed by atoms with van der Waals surface area (Å²) in [5, 5.41) is 19.9. The number of carbonyl (C=O) groups excluding carboxylic acids is 1. The number of piperidine rings is 1. The molecule has 196 valence electrons. The monoisotopic (exact) mass is 531 g/mol. The maximum absolute atomic E-state index is 15.3. The van der Waals surface area contributed by atoms with Crippen LogP contribution in [-0.2, 0) is 17.8 Å². The normalized spacial score (nSPS) is 15.5. The van der Waals surface area contributed by atoms with Gasteiger partial charge in [0.15, 0.2) is 23.2 Å². The van der Waals surface area contributed by atoms with E-state index in [0.29, 0.717) is 42.3 Å². The van der Waals surface area contributed by atoms with E-state index >= 15 is 4.39 Å². The number of nitrogens with zero attached hydrogens (tertiary/aromatic N) is 3. The molecule has 11 heteroatoms. The molecule has 0 aliphatic carbocycles. The number of carboxylic acids is 1. The van der Waals surface area contributed by atoms with Crippen molar-refractivity contribution < 1.29 is 23.5 Å². The molecule has 3 N–H and O–H groups in total. The van der Waals surface area contributed by atoms with Gasteiger partial charge >= 0.3 is 5.97 Å². The van der Waals surface area contributed by atoms with Crippen molar-refractivity contribution in [1.82, 2.24) is 20.1 Å². The third kappa shape index (κ3) is 5.50. The lowest BCUT2D eigenvalue weighted by molar-refractivity contribution is -0.152. The number of anilines is 2. The highest BCUT2D eigenvalue weighted by Crippen LogP contribution is 2.38. The highest BCUT2D eigenvalue weighted by atomic mass is 35.5. The Morgan fingerprint density at radius 1 is 1.22 bits per heavy atom. The van der Waals surface area contributed by atoms with E-state index in [2.05, 4.69) is 20.5 Å². The second kappa shape index (κ2) is 10.5. The number of H-pyrrole nitrogens is 1. The number of halogens is 3. The summed E-state index contributed by atoms with van der Waals surface area (Å²) in [4.78, 5) is 31.3. The third-order valence-electron chi connectivity index (χ3n) is 6.98. The highest BCUT2D eigenvalue weighted by molar-refractivity contribution is 6.30. The molecule has 0 amide bonds. The summed E-state index contributed by atoms with van der Waals surface area (Å²) in [5.74, 6) is -2.63. The zero-order chi connectivity index (χ0) is 26.9. The molecule has 1 aromatic carbocycles. The van der Waals surface area contributed by atoms with Crippen LogP contribution in [0.4, 0.5) is 20.4 Å². The van der Waals surface area contributed by atoms with Crippen molar-refractivity contribution in [2.75, 3.05) is 18.4 Å². The number of carboxylic acid groups (broad SMARTS) is 1. The van der Waals surface area contributed by atoms with Gasteiger partial charge in [-0.2, -0.15) is 5.10 Å². The zero-order valence-electron chi connectivity index (χ0n) is 20.8. The first-order chi connectivity index (χ1) is 17.5. The van der Waals surface area contributed by atoms with Crippen molar-refractivity contribution in [2.45, 2.75) is 46.6 Å². The van der Waals surface area contributed by atoms with Gasteiger partial charge in [0.2, 0.25) is 0 Å². The van der Waals surface area contributed by atoms with Crippen LogP contribution in [0.2, 0.25) is 5.02 Å². The number of hydrogen-bond donors (Lipinski definition) is 3. The minimum atomic E-state index is -1.17. The van der Waals surface area contributed by atoms with Gasteiger partial charge < -0.3 is 10.4 Å². The molecule has 0 unspecified atom stereocenters. The first-order valence-electron chi connectivity index (χ1n) is 11.9. The van der Waals surface area contributed by atoms with Gasteiger partial charge in [0, 0.05) is 36.0 Å². The molecule has 1 aliphatic heterocycles. The molecule has 0 radical (unpaired) electrons. The number of aromatic nitrogens is 3. The predicted molar refractivity (Wildman–Crippen MR) is 135 cm³/mol. The van der Waals surface area contributed by atoms with Crippen LogP contribution in [0.15, 0.2) is 24.3 Å². The van der Waals surface area contributed by atoms with E-state index in [1.165, 1.54) is 13.0 Å². The van der Waals surface area contributed by atoms with Crippen LogP contribution >= 0.6 is 11.6 Å². The lowest BCUT2D eigenvalue weighted by atomic mass is 9.74. The van der Waals surface area contributed by atoms with Gasteiger partial charge in [-0.1, -0.05) is 23.7 Å². The Kier molecular flexibility index (Phi) is 7.61. The molecule has 1 fully saturated rings. The van der Waals surface area contributed by atoms with E-state index in [1.807, 2.05) is 4.90 Å².